The predicted octanol–water partition coefficient (Wildman–Crippen LogP) is 4.95. The smallest absolute Gasteiger partial charge is 0.306 e. The van der Waals surface area contributed by atoms with Crippen molar-refractivity contribution in [1.82, 2.24) is 0 Å². The van der Waals surface area contributed by atoms with Gasteiger partial charge in [-0.2, -0.15) is 0 Å². The maximum absolute atomic E-state index is 10.4. The van der Waals surface area contributed by atoms with Gasteiger partial charge in [-0.15, -0.1) is 0 Å². The van der Waals surface area contributed by atoms with Gasteiger partial charge >= 0.3 is 17.9 Å². The van der Waals surface area contributed by atoms with Crippen LogP contribution in [0, 0.1) is 55.1 Å². The van der Waals surface area contributed by atoms with Gasteiger partial charge in [-0.05, 0) is 38.5 Å². The molecule has 3 aliphatic carbocycles. The van der Waals surface area contributed by atoms with Crippen LogP contribution < -0.4 is 0 Å². The molecule has 28 heavy (non-hydrogen) atoms. The number of carboxylic acid groups (broad SMARTS) is 3. The fraction of sp³-hybridized carbons (Fsp3) is 0.857. The van der Waals surface area contributed by atoms with Crippen LogP contribution in [0.25, 0.3) is 0 Å². The maximum Gasteiger partial charge on any atom is 0.306 e. The van der Waals surface area contributed by atoms with Crippen molar-refractivity contribution in [1.29, 1.82) is 0 Å². The van der Waals surface area contributed by atoms with Crippen LogP contribution in [0.3, 0.4) is 0 Å². The Bertz CT molecular complexity index is 383. The van der Waals surface area contributed by atoms with Crippen LogP contribution in [0.4, 0.5) is 0 Å². The van der Waals surface area contributed by atoms with Crippen LogP contribution in [-0.4, -0.2) is 33.2 Å². The normalized spacial score (nSPS) is 21.0. The van der Waals surface area contributed by atoms with E-state index >= 15 is 0 Å². The Kier molecular flexibility index (Phi) is 16.3. The molecule has 0 radical (unpaired) electrons. The second-order valence-corrected chi connectivity index (χ2v) is 8.02. The van der Waals surface area contributed by atoms with Crippen molar-refractivity contribution >= 4 is 17.9 Å². The Morgan fingerprint density at radius 2 is 0.607 bits per heavy atom. The summed E-state index contributed by atoms with van der Waals surface area (Å²) in [5, 5.41) is 25.6. The molecule has 3 N–H and O–H groups in total. The van der Waals surface area contributed by atoms with Gasteiger partial charge in [-0.25, -0.2) is 0 Å². The van der Waals surface area contributed by atoms with Gasteiger partial charge < -0.3 is 15.3 Å². The van der Waals surface area contributed by atoms with E-state index in [9.17, 15) is 14.4 Å². The zero-order valence-electron chi connectivity index (χ0n) is 16.7. The van der Waals surface area contributed by atoms with E-state index in [0.29, 0.717) is 0 Å². The summed E-state index contributed by atoms with van der Waals surface area (Å²) in [5.41, 5.74) is 0. The molecular weight excluding hydrogens is 515 g/mol. The zero-order valence-corrected chi connectivity index (χ0v) is 18.5. The summed E-state index contributed by atoms with van der Waals surface area (Å²) in [6, 6.07) is 0. The van der Waals surface area contributed by atoms with Crippen molar-refractivity contribution in [2.45, 2.75) is 96.3 Å². The molecule has 3 aliphatic rings. The number of carbonyl (C=O) groups is 3. The molecule has 0 aromatic heterocycles. The van der Waals surface area contributed by atoms with Gasteiger partial charge in [-0.1, -0.05) is 57.8 Å². The minimum atomic E-state index is -0.602. The minimum Gasteiger partial charge on any atom is -0.481 e. The van der Waals surface area contributed by atoms with E-state index in [2.05, 4.69) is 0 Å². The molecule has 0 heterocycles. The van der Waals surface area contributed by atoms with Crippen molar-refractivity contribution in [3.63, 3.8) is 0 Å². The molecule has 0 atom stereocenters. The van der Waals surface area contributed by atoms with Crippen molar-refractivity contribution in [3.8, 4) is 0 Å². The average molecular weight is 552 g/mol. The van der Waals surface area contributed by atoms with Crippen LogP contribution in [0.15, 0.2) is 0 Å². The maximum atomic E-state index is 10.4. The van der Waals surface area contributed by atoms with Gasteiger partial charge in [0.05, 0.1) is 17.8 Å². The topological polar surface area (TPSA) is 112 Å². The molecule has 3 saturated carbocycles. The van der Waals surface area contributed by atoms with Gasteiger partial charge in [0.15, 0.2) is 0 Å². The largest absolute Gasteiger partial charge is 0.481 e. The molecule has 6 nitrogen and oxygen atoms in total. The zero-order chi connectivity index (χ0) is 20.1. The van der Waals surface area contributed by atoms with E-state index in [0.717, 1.165) is 77.0 Å². The summed E-state index contributed by atoms with van der Waals surface area (Å²) in [5.74, 6) is -1.89. The first-order chi connectivity index (χ1) is 12.9. The number of rotatable bonds is 3. The van der Waals surface area contributed by atoms with E-state index in [1.165, 1.54) is 19.3 Å². The Morgan fingerprint density at radius 3 is 0.714 bits per heavy atom. The summed E-state index contributed by atoms with van der Waals surface area (Å²) in [7, 11) is 0. The minimum absolute atomic E-state index is 0. The Hall–Kier alpha value is -0.343. The molecule has 168 valence electrons. The van der Waals surface area contributed by atoms with E-state index in [4.69, 9.17) is 15.3 Å². The molecule has 3 rings (SSSR count). The second-order valence-electron chi connectivity index (χ2n) is 8.02. The summed E-state index contributed by atoms with van der Waals surface area (Å²) in [6.45, 7) is 0. The Labute approximate surface area is 198 Å². The third kappa shape index (κ3) is 12.3. The molecule has 7 heteroatoms. The van der Waals surface area contributed by atoms with Gasteiger partial charge in [0.25, 0.3) is 0 Å². The van der Waals surface area contributed by atoms with Gasteiger partial charge in [0, 0.05) is 37.3 Å². The monoisotopic (exact) mass is 550 g/mol. The summed E-state index contributed by atoms with van der Waals surface area (Å²) < 4.78 is 0. The molecule has 0 spiro atoms. The van der Waals surface area contributed by atoms with Gasteiger partial charge in [-0.3, -0.25) is 14.4 Å². The van der Waals surface area contributed by atoms with Gasteiger partial charge in [0.1, 0.15) is 0 Å². The fourth-order valence-corrected chi connectivity index (χ4v) is 4.05. The number of hydrogen-bond donors (Lipinski definition) is 3. The molecule has 0 aromatic carbocycles. The van der Waals surface area contributed by atoms with E-state index in [1.807, 2.05) is 0 Å². The second kappa shape index (κ2) is 16.5. The number of aliphatic carboxylic acids is 3. The summed E-state index contributed by atoms with van der Waals surface area (Å²) in [4.78, 5) is 31.1. The fourth-order valence-electron chi connectivity index (χ4n) is 4.05. The van der Waals surface area contributed by atoms with Crippen LogP contribution >= 0.6 is 0 Å². The summed E-state index contributed by atoms with van der Waals surface area (Å²) in [6.07, 6.45) is 15.7. The molecule has 0 unspecified atom stereocenters. The predicted molar refractivity (Wildman–Crippen MR) is 103 cm³/mol. The first kappa shape index (κ1) is 27.7. The molecule has 0 bridgehead atoms. The SMILES string of the molecule is O=C(O)C1CCCCC1.O=C(O)C1CCCCC1.O=C(O)C1CCCCC1.[Er]. The number of carboxylic acids is 3. The van der Waals surface area contributed by atoms with Crippen molar-refractivity contribution < 1.29 is 67.0 Å². The quantitative estimate of drug-likeness (QED) is 0.457. The first-order valence-electron chi connectivity index (χ1n) is 10.6. The Morgan fingerprint density at radius 1 is 0.429 bits per heavy atom. The van der Waals surface area contributed by atoms with Crippen LogP contribution in [0.2, 0.25) is 0 Å². The molecule has 3 fully saturated rings. The van der Waals surface area contributed by atoms with Crippen molar-refractivity contribution in [2.24, 2.45) is 17.8 Å². The van der Waals surface area contributed by atoms with E-state index in [1.54, 1.807) is 0 Å². The van der Waals surface area contributed by atoms with Gasteiger partial charge in [0.2, 0.25) is 0 Å². The molecule has 0 aliphatic heterocycles. The molecule has 0 saturated heterocycles. The first-order valence-corrected chi connectivity index (χ1v) is 10.6. The van der Waals surface area contributed by atoms with E-state index in [-0.39, 0.29) is 55.1 Å². The van der Waals surface area contributed by atoms with Crippen molar-refractivity contribution in [2.75, 3.05) is 0 Å². The standard InChI is InChI=1S/3C7H12O2.Er/c3*8-7(9)6-4-2-1-3-5-6;/h3*6H,1-5H2,(H,8,9);. The van der Waals surface area contributed by atoms with Crippen molar-refractivity contribution in [3.05, 3.63) is 0 Å². The van der Waals surface area contributed by atoms with Crippen LogP contribution in [0.1, 0.15) is 96.3 Å². The third-order valence-corrected chi connectivity index (χ3v) is 5.86. The van der Waals surface area contributed by atoms with Crippen LogP contribution in [-0.2, 0) is 14.4 Å². The molecule has 0 aromatic rings. The Balaban J connectivity index is 0.000000384. The average Bonchev–Trinajstić information content (AvgIpc) is 2.71. The molecule has 0 amide bonds. The van der Waals surface area contributed by atoms with E-state index < -0.39 is 17.9 Å². The van der Waals surface area contributed by atoms with Crippen LogP contribution in [0.5, 0.6) is 0 Å². The third-order valence-electron chi connectivity index (χ3n) is 5.86. The number of hydrogen-bond acceptors (Lipinski definition) is 3. The summed E-state index contributed by atoms with van der Waals surface area (Å²) >= 11 is 0. The molecular formula is C21H36ErO6.